The van der Waals surface area contributed by atoms with Gasteiger partial charge in [0.25, 0.3) is 0 Å². The van der Waals surface area contributed by atoms with Crippen molar-refractivity contribution in [3.05, 3.63) is 16.4 Å². The van der Waals surface area contributed by atoms with Gasteiger partial charge in [-0.15, -0.1) is 0 Å². The minimum atomic E-state index is -1.25. The van der Waals surface area contributed by atoms with Crippen LogP contribution in [0.15, 0.2) is 0 Å². The molecule has 0 atom stereocenters. The van der Waals surface area contributed by atoms with Gasteiger partial charge in [-0.2, -0.15) is 5.10 Å². The second kappa shape index (κ2) is 5.19. The molecule has 5 heteroatoms. The third kappa shape index (κ3) is 2.69. The highest BCUT2D eigenvalue weighted by atomic mass is 35.5. The average Bonchev–Trinajstić information content (AvgIpc) is 2.54. The first-order chi connectivity index (χ1) is 7.85. The molecular weight excluding hydrogens is 240 g/mol. The monoisotopic (exact) mass is 258 g/mol. The summed E-state index contributed by atoms with van der Waals surface area (Å²) in [6.07, 6.45) is 0.946. The fourth-order valence-electron chi connectivity index (χ4n) is 1.83. The van der Waals surface area contributed by atoms with E-state index in [-0.39, 0.29) is 12.2 Å². The molecule has 0 saturated carbocycles. The van der Waals surface area contributed by atoms with Crippen LogP contribution >= 0.6 is 11.6 Å². The summed E-state index contributed by atoms with van der Waals surface area (Å²) in [6, 6.07) is 0. The number of rotatable bonds is 5. The number of Topliss-reactive ketones (excluding diaryl/α,β-unsaturated/α-hetero) is 1. The molecule has 0 fully saturated rings. The largest absolute Gasteiger partial charge is 0.382 e. The number of aryl methyl sites for hydroxylation is 2. The predicted molar refractivity (Wildman–Crippen MR) is 67.2 cm³/mol. The predicted octanol–water partition coefficient (Wildman–Crippen LogP) is 2.04. The quantitative estimate of drug-likeness (QED) is 0.879. The van der Waals surface area contributed by atoms with Crippen molar-refractivity contribution in [3.8, 4) is 0 Å². The second-order valence-electron chi connectivity index (χ2n) is 4.31. The zero-order chi connectivity index (χ0) is 13.2. The topological polar surface area (TPSA) is 55.1 Å². The maximum atomic E-state index is 12.1. The van der Waals surface area contributed by atoms with Crippen LogP contribution < -0.4 is 0 Å². The van der Waals surface area contributed by atoms with E-state index in [9.17, 15) is 9.90 Å². The first kappa shape index (κ1) is 14.2. The Hall–Kier alpha value is -0.870. The highest BCUT2D eigenvalue weighted by molar-refractivity contribution is 6.32. The SMILES string of the molecule is CCC(O)(CC)C(=O)Cc1c(Cl)c(C)nn1C. The number of hydrogen-bond acceptors (Lipinski definition) is 3. The maximum Gasteiger partial charge on any atom is 0.170 e. The van der Waals surface area contributed by atoms with Gasteiger partial charge in [0.05, 0.1) is 22.8 Å². The zero-order valence-corrected chi connectivity index (χ0v) is 11.5. The molecule has 0 aliphatic carbocycles. The van der Waals surface area contributed by atoms with Crippen LogP contribution in [0.3, 0.4) is 0 Å². The number of nitrogens with zero attached hydrogens (tertiary/aromatic N) is 2. The fourth-order valence-corrected chi connectivity index (χ4v) is 2.06. The molecule has 96 valence electrons. The molecule has 0 unspecified atom stereocenters. The van der Waals surface area contributed by atoms with Crippen molar-refractivity contribution in [2.45, 2.75) is 45.6 Å². The Kier molecular flexibility index (Phi) is 4.33. The van der Waals surface area contributed by atoms with E-state index in [4.69, 9.17) is 11.6 Å². The van der Waals surface area contributed by atoms with Crippen LogP contribution in [0.5, 0.6) is 0 Å². The van der Waals surface area contributed by atoms with E-state index < -0.39 is 5.60 Å². The Morgan fingerprint density at radius 3 is 2.35 bits per heavy atom. The molecule has 1 aromatic rings. The highest BCUT2D eigenvalue weighted by Crippen LogP contribution is 2.24. The van der Waals surface area contributed by atoms with Gasteiger partial charge in [-0.05, 0) is 19.8 Å². The number of aliphatic hydroxyl groups is 1. The number of hydrogen-bond donors (Lipinski definition) is 1. The standard InChI is InChI=1S/C12H19ClN2O2/c1-5-12(17,6-2)10(16)7-9-11(13)8(3)14-15(9)4/h17H,5-7H2,1-4H3. The van der Waals surface area contributed by atoms with Gasteiger partial charge >= 0.3 is 0 Å². The van der Waals surface area contributed by atoms with Crippen molar-refractivity contribution in [1.82, 2.24) is 9.78 Å². The summed E-state index contributed by atoms with van der Waals surface area (Å²) in [6.45, 7) is 5.40. The van der Waals surface area contributed by atoms with Gasteiger partial charge < -0.3 is 5.11 Å². The summed E-state index contributed by atoms with van der Waals surface area (Å²) in [5.74, 6) is -0.201. The number of carbonyl (C=O) groups excluding carboxylic acids is 1. The summed E-state index contributed by atoms with van der Waals surface area (Å²) in [7, 11) is 1.75. The molecule has 1 rings (SSSR count). The van der Waals surface area contributed by atoms with E-state index in [0.717, 1.165) is 0 Å². The summed E-state index contributed by atoms with van der Waals surface area (Å²) >= 11 is 6.08. The van der Waals surface area contributed by atoms with Crippen molar-refractivity contribution in [2.24, 2.45) is 7.05 Å². The molecule has 0 aromatic carbocycles. The summed E-state index contributed by atoms with van der Waals surface area (Å²) in [5, 5.41) is 14.8. The minimum absolute atomic E-state index is 0.119. The van der Waals surface area contributed by atoms with Gasteiger partial charge in [0.15, 0.2) is 5.78 Å². The van der Waals surface area contributed by atoms with Crippen LogP contribution in [0.2, 0.25) is 5.02 Å². The van der Waals surface area contributed by atoms with Gasteiger partial charge in [-0.3, -0.25) is 9.48 Å². The molecular formula is C12H19ClN2O2. The molecule has 0 amide bonds. The van der Waals surface area contributed by atoms with Crippen molar-refractivity contribution >= 4 is 17.4 Å². The summed E-state index contributed by atoms with van der Waals surface area (Å²) in [5.41, 5.74) is 0.115. The smallest absolute Gasteiger partial charge is 0.170 e. The number of carbonyl (C=O) groups is 1. The van der Waals surface area contributed by atoms with Gasteiger partial charge in [0.1, 0.15) is 5.60 Å². The van der Waals surface area contributed by atoms with Gasteiger partial charge in [-0.25, -0.2) is 0 Å². The van der Waals surface area contributed by atoms with Crippen LogP contribution in [0, 0.1) is 6.92 Å². The Morgan fingerprint density at radius 2 is 2.00 bits per heavy atom. The van der Waals surface area contributed by atoms with E-state index in [1.807, 2.05) is 0 Å². The molecule has 0 aliphatic rings. The van der Waals surface area contributed by atoms with Crippen molar-refractivity contribution in [1.29, 1.82) is 0 Å². The minimum Gasteiger partial charge on any atom is -0.382 e. The van der Waals surface area contributed by atoms with Crippen LogP contribution in [0.4, 0.5) is 0 Å². The summed E-state index contributed by atoms with van der Waals surface area (Å²) in [4.78, 5) is 12.1. The Bertz CT molecular complexity index is 422. The van der Waals surface area contributed by atoms with E-state index >= 15 is 0 Å². The first-order valence-electron chi connectivity index (χ1n) is 5.79. The lowest BCUT2D eigenvalue weighted by Gasteiger charge is -2.23. The van der Waals surface area contributed by atoms with Gasteiger partial charge in [0, 0.05) is 7.05 Å². The zero-order valence-electron chi connectivity index (χ0n) is 10.7. The fraction of sp³-hybridized carbons (Fsp3) is 0.667. The maximum absolute atomic E-state index is 12.1. The van der Waals surface area contributed by atoms with Crippen LogP contribution in [-0.4, -0.2) is 26.3 Å². The van der Waals surface area contributed by atoms with E-state index in [1.54, 1.807) is 32.5 Å². The second-order valence-corrected chi connectivity index (χ2v) is 4.69. The molecule has 1 aromatic heterocycles. The lowest BCUT2D eigenvalue weighted by Crippen LogP contribution is -2.38. The normalized spacial score (nSPS) is 11.9. The van der Waals surface area contributed by atoms with Gasteiger partial charge in [0.2, 0.25) is 0 Å². The van der Waals surface area contributed by atoms with Crippen LogP contribution in [0.1, 0.15) is 38.1 Å². The van der Waals surface area contributed by atoms with Crippen molar-refractivity contribution < 1.29 is 9.90 Å². The Labute approximate surface area is 107 Å². The molecule has 0 bridgehead atoms. The Balaban J connectivity index is 2.95. The molecule has 1 heterocycles. The van der Waals surface area contributed by atoms with Crippen molar-refractivity contribution in [2.75, 3.05) is 0 Å². The first-order valence-corrected chi connectivity index (χ1v) is 6.17. The van der Waals surface area contributed by atoms with E-state index in [2.05, 4.69) is 5.10 Å². The average molecular weight is 259 g/mol. The number of ketones is 1. The third-order valence-corrected chi connectivity index (χ3v) is 3.77. The lowest BCUT2D eigenvalue weighted by atomic mass is 9.89. The number of halogens is 1. The highest BCUT2D eigenvalue weighted by Gasteiger charge is 2.32. The number of aromatic nitrogens is 2. The van der Waals surface area contributed by atoms with E-state index in [1.165, 1.54) is 0 Å². The third-order valence-electron chi connectivity index (χ3n) is 3.28. The van der Waals surface area contributed by atoms with Gasteiger partial charge in [-0.1, -0.05) is 25.4 Å². The molecule has 4 nitrogen and oxygen atoms in total. The summed E-state index contributed by atoms with van der Waals surface area (Å²) < 4.78 is 1.60. The lowest BCUT2D eigenvalue weighted by molar-refractivity contribution is -0.137. The van der Waals surface area contributed by atoms with E-state index in [0.29, 0.717) is 29.3 Å². The molecule has 0 spiro atoms. The van der Waals surface area contributed by atoms with Crippen LogP contribution in [-0.2, 0) is 18.3 Å². The molecule has 0 aliphatic heterocycles. The Morgan fingerprint density at radius 1 is 1.47 bits per heavy atom. The van der Waals surface area contributed by atoms with Crippen molar-refractivity contribution in [3.63, 3.8) is 0 Å². The molecule has 1 N–H and O–H groups in total. The van der Waals surface area contributed by atoms with Crippen LogP contribution in [0.25, 0.3) is 0 Å². The molecule has 0 radical (unpaired) electrons. The molecule has 17 heavy (non-hydrogen) atoms. The molecule has 0 saturated heterocycles.